The van der Waals surface area contributed by atoms with Gasteiger partial charge in [-0.15, -0.1) is 0 Å². The van der Waals surface area contributed by atoms with Crippen molar-refractivity contribution in [2.75, 3.05) is 7.11 Å². The molecule has 9 heteroatoms. The molecule has 3 aromatic carbocycles. The molecule has 0 aliphatic heterocycles. The first-order chi connectivity index (χ1) is 18.0. The minimum atomic E-state index is -5.00. The number of rotatable bonds is 8. The van der Waals surface area contributed by atoms with Gasteiger partial charge in [-0.05, 0) is 41.0 Å². The number of hydrogen-bond donors (Lipinski definition) is 1. The summed E-state index contributed by atoms with van der Waals surface area (Å²) in [6, 6.07) is 19.6. The lowest BCUT2D eigenvalue weighted by molar-refractivity contribution is -0.274. The number of para-hydroxylation sites is 1. The van der Waals surface area contributed by atoms with Crippen LogP contribution >= 0.6 is 11.6 Å². The molecule has 2 atom stereocenters. The van der Waals surface area contributed by atoms with Crippen molar-refractivity contribution in [3.05, 3.63) is 106 Å². The van der Waals surface area contributed by atoms with Gasteiger partial charge in [0.15, 0.2) is 5.60 Å². The average Bonchev–Trinajstić information content (AvgIpc) is 2.91. The second kappa shape index (κ2) is 11.0. The molecule has 2 unspecified atom stereocenters. The fourth-order valence-electron chi connectivity index (χ4n) is 4.27. The van der Waals surface area contributed by atoms with Crippen molar-refractivity contribution >= 4 is 28.5 Å². The van der Waals surface area contributed by atoms with E-state index in [9.17, 15) is 23.1 Å². The Morgan fingerprint density at radius 1 is 1.03 bits per heavy atom. The smallest absolute Gasteiger partial charge is 0.422 e. The first kappa shape index (κ1) is 27.4. The average molecular weight is 544 g/mol. The SMILES string of the molecule is COC(=O)Cc1ccc(COc2ccc(C(C)C(O)(c3cnc4ccccc4c3)C(F)(F)F)c(Cl)c2)cc1. The van der Waals surface area contributed by atoms with E-state index >= 15 is 0 Å². The standard InChI is InChI=1S/C29H25ClF3NO4/c1-18(28(36,29(31,32)33)22-14-21-5-3-4-6-26(21)34-16-22)24-12-11-23(15-25(24)30)38-17-20-9-7-19(8-10-20)13-27(35)37-2/h3-12,14-16,18,36H,13,17H2,1-2H3. The molecule has 198 valence electrons. The summed E-state index contributed by atoms with van der Waals surface area (Å²) >= 11 is 6.41. The van der Waals surface area contributed by atoms with Crippen molar-refractivity contribution in [2.24, 2.45) is 0 Å². The number of pyridine rings is 1. The summed E-state index contributed by atoms with van der Waals surface area (Å²) in [6.45, 7) is 1.46. The Morgan fingerprint density at radius 3 is 2.37 bits per heavy atom. The number of nitrogens with zero attached hydrogens (tertiary/aromatic N) is 1. The van der Waals surface area contributed by atoms with Gasteiger partial charge in [-0.3, -0.25) is 9.78 Å². The lowest BCUT2D eigenvalue weighted by Crippen LogP contribution is -2.46. The lowest BCUT2D eigenvalue weighted by Gasteiger charge is -2.37. The highest BCUT2D eigenvalue weighted by Crippen LogP contribution is 2.50. The van der Waals surface area contributed by atoms with Crippen LogP contribution in [0.25, 0.3) is 10.9 Å². The molecule has 4 aromatic rings. The summed E-state index contributed by atoms with van der Waals surface area (Å²) in [5.41, 5.74) is -1.36. The van der Waals surface area contributed by atoms with Crippen LogP contribution in [0.4, 0.5) is 13.2 Å². The Balaban J connectivity index is 1.55. The molecule has 4 rings (SSSR count). The largest absolute Gasteiger partial charge is 0.489 e. The predicted molar refractivity (Wildman–Crippen MR) is 138 cm³/mol. The topological polar surface area (TPSA) is 68.7 Å². The maximum Gasteiger partial charge on any atom is 0.422 e. The number of aliphatic hydroxyl groups is 1. The van der Waals surface area contributed by atoms with Gasteiger partial charge in [0, 0.05) is 28.1 Å². The van der Waals surface area contributed by atoms with Gasteiger partial charge in [-0.1, -0.05) is 67.1 Å². The summed E-state index contributed by atoms with van der Waals surface area (Å²) < 4.78 is 53.6. The van der Waals surface area contributed by atoms with Gasteiger partial charge < -0.3 is 14.6 Å². The summed E-state index contributed by atoms with van der Waals surface area (Å²) in [6.07, 6.45) is -3.80. The van der Waals surface area contributed by atoms with E-state index in [0.29, 0.717) is 16.7 Å². The molecule has 0 saturated heterocycles. The highest BCUT2D eigenvalue weighted by atomic mass is 35.5. The van der Waals surface area contributed by atoms with E-state index in [4.69, 9.17) is 16.3 Å². The second-order valence-corrected chi connectivity index (χ2v) is 9.35. The van der Waals surface area contributed by atoms with Crippen molar-refractivity contribution in [3.63, 3.8) is 0 Å². The summed E-state index contributed by atoms with van der Waals surface area (Å²) in [7, 11) is 1.33. The van der Waals surface area contributed by atoms with Crippen molar-refractivity contribution < 1.29 is 32.5 Å². The number of hydrogen-bond acceptors (Lipinski definition) is 5. The number of esters is 1. The number of carbonyl (C=O) groups excluding carboxylic acids is 1. The number of alkyl halides is 3. The zero-order chi connectivity index (χ0) is 27.5. The van der Waals surface area contributed by atoms with Crippen LogP contribution in [0, 0.1) is 0 Å². The quantitative estimate of drug-likeness (QED) is 0.249. The zero-order valence-corrected chi connectivity index (χ0v) is 21.4. The molecule has 1 aromatic heterocycles. The fraction of sp³-hybridized carbons (Fsp3) is 0.241. The van der Waals surface area contributed by atoms with Crippen molar-refractivity contribution in [1.82, 2.24) is 4.98 Å². The van der Waals surface area contributed by atoms with Crippen LogP contribution in [0.3, 0.4) is 0 Å². The van der Waals surface area contributed by atoms with Crippen molar-refractivity contribution in [2.45, 2.75) is 37.6 Å². The third-order valence-electron chi connectivity index (χ3n) is 6.53. The molecule has 0 amide bonds. The van der Waals surface area contributed by atoms with Crippen LogP contribution in [0.5, 0.6) is 5.75 Å². The Bertz CT molecular complexity index is 1440. The van der Waals surface area contributed by atoms with E-state index < -0.39 is 17.7 Å². The molecule has 1 N–H and O–H groups in total. The fourth-order valence-corrected chi connectivity index (χ4v) is 4.61. The molecule has 38 heavy (non-hydrogen) atoms. The molecule has 5 nitrogen and oxygen atoms in total. The number of ether oxygens (including phenoxy) is 2. The van der Waals surface area contributed by atoms with Gasteiger partial charge in [0.2, 0.25) is 0 Å². The van der Waals surface area contributed by atoms with E-state index in [2.05, 4.69) is 9.72 Å². The van der Waals surface area contributed by atoms with Gasteiger partial charge >= 0.3 is 12.1 Å². The number of benzene rings is 3. The highest BCUT2D eigenvalue weighted by molar-refractivity contribution is 6.31. The summed E-state index contributed by atoms with van der Waals surface area (Å²) in [5, 5.41) is 11.7. The number of methoxy groups -OCH3 is 1. The molecule has 0 fully saturated rings. The van der Waals surface area contributed by atoms with Crippen LogP contribution in [0.2, 0.25) is 5.02 Å². The maximum atomic E-state index is 14.4. The minimum Gasteiger partial charge on any atom is -0.489 e. The molecular formula is C29H25ClF3NO4. The molecule has 0 radical (unpaired) electrons. The van der Waals surface area contributed by atoms with E-state index in [-0.39, 0.29) is 35.1 Å². The van der Waals surface area contributed by atoms with Gasteiger partial charge in [0.1, 0.15) is 12.4 Å². The van der Waals surface area contributed by atoms with E-state index in [0.717, 1.165) is 17.3 Å². The second-order valence-electron chi connectivity index (χ2n) is 8.94. The third-order valence-corrected chi connectivity index (χ3v) is 6.86. The Kier molecular flexibility index (Phi) is 7.94. The van der Waals surface area contributed by atoms with E-state index in [1.54, 1.807) is 48.5 Å². The first-order valence-electron chi connectivity index (χ1n) is 11.7. The van der Waals surface area contributed by atoms with Crippen molar-refractivity contribution in [1.29, 1.82) is 0 Å². The van der Waals surface area contributed by atoms with Gasteiger partial charge in [-0.25, -0.2) is 0 Å². The number of halogens is 4. The normalized spacial score (nSPS) is 14.1. The Hall–Kier alpha value is -3.62. The minimum absolute atomic E-state index is 0.0276. The Labute approximate surface area is 222 Å². The van der Waals surface area contributed by atoms with E-state index in [1.165, 1.54) is 38.3 Å². The van der Waals surface area contributed by atoms with Gasteiger partial charge in [0.25, 0.3) is 0 Å². The third kappa shape index (κ3) is 5.61. The number of carbonyl (C=O) groups is 1. The first-order valence-corrected chi connectivity index (χ1v) is 12.1. The number of aromatic nitrogens is 1. The zero-order valence-electron chi connectivity index (χ0n) is 20.6. The van der Waals surface area contributed by atoms with Crippen LogP contribution < -0.4 is 4.74 Å². The molecule has 0 bridgehead atoms. The Morgan fingerprint density at radius 2 is 1.71 bits per heavy atom. The van der Waals surface area contributed by atoms with Crippen LogP contribution in [0.15, 0.2) is 79.0 Å². The molecule has 0 saturated carbocycles. The highest BCUT2D eigenvalue weighted by Gasteiger charge is 2.59. The number of fused-ring (bicyclic) bond motifs is 1. The molecular weight excluding hydrogens is 519 g/mol. The predicted octanol–water partition coefficient (Wildman–Crippen LogP) is 6.74. The van der Waals surface area contributed by atoms with E-state index in [1.807, 2.05) is 0 Å². The summed E-state index contributed by atoms with van der Waals surface area (Å²) in [4.78, 5) is 15.5. The van der Waals surface area contributed by atoms with Gasteiger partial charge in [0.05, 0.1) is 19.0 Å². The monoisotopic (exact) mass is 543 g/mol. The van der Waals surface area contributed by atoms with Crippen LogP contribution in [-0.2, 0) is 28.2 Å². The van der Waals surface area contributed by atoms with Gasteiger partial charge in [-0.2, -0.15) is 13.2 Å². The van der Waals surface area contributed by atoms with Crippen LogP contribution in [-0.4, -0.2) is 29.3 Å². The molecule has 1 heterocycles. The van der Waals surface area contributed by atoms with Crippen LogP contribution in [0.1, 0.15) is 35.1 Å². The molecule has 0 aliphatic rings. The molecule has 0 aliphatic carbocycles. The maximum absolute atomic E-state index is 14.4. The lowest BCUT2D eigenvalue weighted by atomic mass is 9.78. The molecule has 0 spiro atoms. The summed E-state index contributed by atoms with van der Waals surface area (Å²) in [5.74, 6) is -1.44. The van der Waals surface area contributed by atoms with Crippen molar-refractivity contribution in [3.8, 4) is 5.75 Å².